The largest absolute Gasteiger partial charge is 0.452 e. The van der Waals surface area contributed by atoms with Gasteiger partial charge in [0.1, 0.15) is 0 Å². The maximum Gasteiger partial charge on any atom is 0.317 e. The molecule has 6 nitrogen and oxygen atoms in total. The number of hydrogen-bond donors (Lipinski definition) is 2. The maximum atomic E-state index is 12.2. The first-order valence-electron chi connectivity index (χ1n) is 8.41. The minimum Gasteiger partial charge on any atom is -0.452 e. The number of rotatable bonds is 7. The number of thioether (sulfide) groups is 1. The van der Waals surface area contributed by atoms with Crippen LogP contribution in [0.2, 0.25) is 0 Å². The molecule has 0 aliphatic carbocycles. The number of ether oxygens (including phenoxy) is 1. The van der Waals surface area contributed by atoms with Crippen LogP contribution in [0.5, 0.6) is 0 Å². The molecular formula is C20H22N2O4S. The van der Waals surface area contributed by atoms with Crippen molar-refractivity contribution in [2.75, 3.05) is 16.4 Å². The third-order valence-corrected chi connectivity index (χ3v) is 4.74. The Labute approximate surface area is 162 Å². The molecule has 0 radical (unpaired) electrons. The molecule has 0 aliphatic heterocycles. The number of nitrogens with one attached hydrogen (secondary N) is 2. The van der Waals surface area contributed by atoms with Crippen molar-refractivity contribution in [3.05, 3.63) is 54.1 Å². The number of carbonyl (C=O) groups is 3. The van der Waals surface area contributed by atoms with Crippen molar-refractivity contribution in [2.45, 2.75) is 31.8 Å². The second-order valence-electron chi connectivity index (χ2n) is 5.93. The van der Waals surface area contributed by atoms with E-state index in [1.807, 2.05) is 31.2 Å². The highest BCUT2D eigenvalue weighted by atomic mass is 32.2. The first-order chi connectivity index (χ1) is 12.8. The fourth-order valence-electron chi connectivity index (χ4n) is 2.22. The summed E-state index contributed by atoms with van der Waals surface area (Å²) in [4.78, 5) is 36.2. The van der Waals surface area contributed by atoms with Crippen LogP contribution in [0.25, 0.3) is 0 Å². The first-order valence-corrected chi connectivity index (χ1v) is 9.40. The van der Waals surface area contributed by atoms with Crippen molar-refractivity contribution in [2.24, 2.45) is 0 Å². The van der Waals surface area contributed by atoms with E-state index in [0.29, 0.717) is 11.4 Å². The van der Waals surface area contributed by atoms with E-state index in [4.69, 9.17) is 4.74 Å². The molecule has 0 fully saturated rings. The van der Waals surface area contributed by atoms with E-state index < -0.39 is 18.0 Å². The minimum atomic E-state index is -0.912. The standard InChI is InChI=1S/C20H22N2O4S/c1-13-6-4-5-7-18(13)27-12-19(24)26-14(2)20(25)22-17-10-8-16(9-11-17)21-15(3)23/h4-11,14H,12H2,1-3H3,(H,21,23)(H,22,25)/t14-/m0/s1. The van der Waals surface area contributed by atoms with E-state index in [1.165, 1.54) is 25.6 Å². The molecule has 0 saturated carbocycles. The summed E-state index contributed by atoms with van der Waals surface area (Å²) in [5.41, 5.74) is 2.27. The van der Waals surface area contributed by atoms with Crippen molar-refractivity contribution in [3.63, 3.8) is 0 Å². The van der Waals surface area contributed by atoms with Crippen LogP contribution in [0.15, 0.2) is 53.4 Å². The lowest BCUT2D eigenvalue weighted by Crippen LogP contribution is -2.30. The van der Waals surface area contributed by atoms with Crippen molar-refractivity contribution >= 4 is 40.9 Å². The predicted molar refractivity (Wildman–Crippen MR) is 107 cm³/mol. The van der Waals surface area contributed by atoms with E-state index in [2.05, 4.69) is 10.6 Å². The van der Waals surface area contributed by atoms with Gasteiger partial charge in [-0.25, -0.2) is 0 Å². The van der Waals surface area contributed by atoms with Gasteiger partial charge < -0.3 is 15.4 Å². The van der Waals surface area contributed by atoms with Crippen molar-refractivity contribution in [3.8, 4) is 0 Å². The van der Waals surface area contributed by atoms with Gasteiger partial charge in [0.15, 0.2) is 6.10 Å². The number of aryl methyl sites for hydroxylation is 1. The summed E-state index contributed by atoms with van der Waals surface area (Å²) < 4.78 is 5.19. The molecule has 7 heteroatoms. The third-order valence-electron chi connectivity index (χ3n) is 3.59. The summed E-state index contributed by atoms with van der Waals surface area (Å²) in [6, 6.07) is 14.4. The van der Waals surface area contributed by atoms with Crippen LogP contribution in [0.3, 0.4) is 0 Å². The SMILES string of the molecule is CC(=O)Nc1ccc(NC(=O)[C@H](C)OC(=O)CSc2ccccc2C)cc1. The Bertz CT molecular complexity index is 821. The smallest absolute Gasteiger partial charge is 0.317 e. The van der Waals surface area contributed by atoms with Crippen molar-refractivity contribution < 1.29 is 19.1 Å². The fraction of sp³-hybridized carbons (Fsp3) is 0.250. The zero-order chi connectivity index (χ0) is 19.8. The van der Waals surface area contributed by atoms with Crippen LogP contribution in [-0.4, -0.2) is 29.6 Å². The molecule has 1 atom stereocenters. The summed E-state index contributed by atoms with van der Waals surface area (Å²) in [6.45, 7) is 4.92. The van der Waals surface area contributed by atoms with Crippen LogP contribution in [0.4, 0.5) is 11.4 Å². The lowest BCUT2D eigenvalue weighted by Gasteiger charge is -2.14. The molecule has 0 spiro atoms. The highest BCUT2D eigenvalue weighted by Gasteiger charge is 2.18. The van der Waals surface area contributed by atoms with E-state index in [-0.39, 0.29) is 11.7 Å². The average molecular weight is 386 g/mol. The quantitative estimate of drug-likeness (QED) is 0.561. The summed E-state index contributed by atoms with van der Waals surface area (Å²) in [7, 11) is 0. The summed E-state index contributed by atoms with van der Waals surface area (Å²) in [5.74, 6) is -0.909. The summed E-state index contributed by atoms with van der Waals surface area (Å²) in [6.07, 6.45) is -0.912. The van der Waals surface area contributed by atoms with Gasteiger partial charge in [-0.3, -0.25) is 14.4 Å². The lowest BCUT2D eigenvalue weighted by molar-refractivity contribution is -0.150. The van der Waals surface area contributed by atoms with Crippen LogP contribution >= 0.6 is 11.8 Å². The second-order valence-corrected chi connectivity index (χ2v) is 6.95. The van der Waals surface area contributed by atoms with Gasteiger partial charge in [-0.2, -0.15) is 0 Å². The minimum absolute atomic E-state index is 0.133. The average Bonchev–Trinajstić information content (AvgIpc) is 2.62. The third kappa shape index (κ3) is 6.79. The molecule has 0 saturated heterocycles. The van der Waals surface area contributed by atoms with Gasteiger partial charge >= 0.3 is 5.97 Å². The topological polar surface area (TPSA) is 84.5 Å². The molecular weight excluding hydrogens is 364 g/mol. The van der Waals surface area contributed by atoms with Crippen LogP contribution in [-0.2, 0) is 19.1 Å². The molecule has 2 N–H and O–H groups in total. The van der Waals surface area contributed by atoms with Gasteiger partial charge in [0.05, 0.1) is 5.75 Å². The van der Waals surface area contributed by atoms with Crippen molar-refractivity contribution in [1.82, 2.24) is 0 Å². The van der Waals surface area contributed by atoms with Gasteiger partial charge in [0, 0.05) is 23.2 Å². The second kappa shape index (κ2) is 9.78. The predicted octanol–water partition coefficient (Wildman–Crippen LogP) is 3.62. The Balaban J connectivity index is 1.81. The van der Waals surface area contributed by atoms with Gasteiger partial charge in [0.2, 0.25) is 5.91 Å². The summed E-state index contributed by atoms with van der Waals surface area (Å²) in [5, 5.41) is 5.32. The van der Waals surface area contributed by atoms with Crippen molar-refractivity contribution in [1.29, 1.82) is 0 Å². The number of amides is 2. The highest BCUT2D eigenvalue weighted by molar-refractivity contribution is 8.00. The Morgan fingerprint density at radius 2 is 1.59 bits per heavy atom. The van der Waals surface area contributed by atoms with Gasteiger partial charge in [-0.1, -0.05) is 18.2 Å². The van der Waals surface area contributed by atoms with Gasteiger partial charge in [-0.05, 0) is 49.7 Å². The van der Waals surface area contributed by atoms with E-state index in [9.17, 15) is 14.4 Å². The normalized spacial score (nSPS) is 11.4. The fourth-order valence-corrected chi connectivity index (χ4v) is 3.04. The molecule has 0 bridgehead atoms. The molecule has 2 aromatic rings. The number of benzene rings is 2. The van der Waals surface area contributed by atoms with Crippen LogP contribution in [0, 0.1) is 6.92 Å². The Morgan fingerprint density at radius 1 is 1.00 bits per heavy atom. The molecule has 2 rings (SSSR count). The number of hydrogen-bond acceptors (Lipinski definition) is 5. The van der Waals surface area contributed by atoms with E-state index in [1.54, 1.807) is 24.3 Å². The van der Waals surface area contributed by atoms with Gasteiger partial charge in [-0.15, -0.1) is 11.8 Å². The number of anilines is 2. The van der Waals surface area contributed by atoms with E-state index >= 15 is 0 Å². The lowest BCUT2D eigenvalue weighted by atomic mass is 10.2. The number of carbonyl (C=O) groups excluding carboxylic acids is 3. The highest BCUT2D eigenvalue weighted by Crippen LogP contribution is 2.22. The van der Waals surface area contributed by atoms with Crippen LogP contribution < -0.4 is 10.6 Å². The Hall–Kier alpha value is -2.80. The molecule has 0 aromatic heterocycles. The maximum absolute atomic E-state index is 12.2. The molecule has 142 valence electrons. The first kappa shape index (κ1) is 20.5. The zero-order valence-corrected chi connectivity index (χ0v) is 16.3. The Morgan fingerprint density at radius 3 is 2.19 bits per heavy atom. The molecule has 2 amide bonds. The van der Waals surface area contributed by atoms with Crippen LogP contribution in [0.1, 0.15) is 19.4 Å². The van der Waals surface area contributed by atoms with E-state index in [0.717, 1.165) is 10.5 Å². The van der Waals surface area contributed by atoms with Gasteiger partial charge in [0.25, 0.3) is 5.91 Å². The molecule has 27 heavy (non-hydrogen) atoms. The molecule has 0 unspecified atom stereocenters. The molecule has 0 heterocycles. The molecule has 0 aliphatic rings. The summed E-state index contributed by atoms with van der Waals surface area (Å²) >= 11 is 1.38. The zero-order valence-electron chi connectivity index (χ0n) is 15.4. The molecule has 2 aromatic carbocycles. The monoisotopic (exact) mass is 386 g/mol. The Kier molecular flexibility index (Phi) is 7.43. The number of esters is 1.